The molecule has 1 rings (SSSR count). The van der Waals surface area contributed by atoms with Gasteiger partial charge in [-0.2, -0.15) is 0 Å². The van der Waals surface area contributed by atoms with Crippen molar-refractivity contribution in [2.75, 3.05) is 6.67 Å². The minimum absolute atomic E-state index is 0.157. The molecule has 0 unspecified atom stereocenters. The van der Waals surface area contributed by atoms with Crippen molar-refractivity contribution in [2.24, 2.45) is 11.3 Å². The lowest BCUT2D eigenvalue weighted by atomic mass is 9.77. The summed E-state index contributed by atoms with van der Waals surface area (Å²) in [6.45, 7) is 10.8. The Morgan fingerprint density at radius 1 is 1.32 bits per heavy atom. The predicted octanol–water partition coefficient (Wildman–Crippen LogP) is 5.95. The molecule has 0 spiro atoms. The van der Waals surface area contributed by atoms with Gasteiger partial charge in [0, 0.05) is 6.42 Å². The van der Waals surface area contributed by atoms with Crippen molar-refractivity contribution in [2.45, 2.75) is 46.7 Å². The Morgan fingerprint density at radius 3 is 2.50 bits per heavy atom. The molecule has 0 aliphatic heterocycles. The molecule has 0 heterocycles. The van der Waals surface area contributed by atoms with Crippen molar-refractivity contribution < 1.29 is 8.82 Å². The third kappa shape index (κ3) is 7.27. The fourth-order valence-corrected chi connectivity index (χ4v) is 4.49. The van der Waals surface area contributed by atoms with Gasteiger partial charge in [-0.1, -0.05) is 45.0 Å². The molecule has 1 nitrogen and oxygen atoms in total. The molecule has 1 aromatic rings. The maximum absolute atomic E-state index is 12.5. The van der Waals surface area contributed by atoms with Crippen molar-refractivity contribution in [3.8, 4) is 0 Å². The van der Waals surface area contributed by atoms with E-state index in [2.05, 4.69) is 74.7 Å². The number of alkyl halides is 1. The summed E-state index contributed by atoms with van der Waals surface area (Å²) in [6.07, 6.45) is 3.71. The zero-order valence-electron chi connectivity index (χ0n) is 14.2. The van der Waals surface area contributed by atoms with Crippen molar-refractivity contribution in [3.05, 3.63) is 45.2 Å². The van der Waals surface area contributed by atoms with Crippen molar-refractivity contribution in [1.82, 2.24) is 0 Å². The quantitative estimate of drug-likeness (QED) is 0.294. The number of hydrogen-bond donors (Lipinski definition) is 0. The van der Waals surface area contributed by atoms with E-state index < -0.39 is 9.04 Å². The zero-order valence-corrected chi connectivity index (χ0v) is 17.4. The van der Waals surface area contributed by atoms with Crippen LogP contribution in [0.5, 0.6) is 0 Å². The Kier molecular flexibility index (Phi) is 8.11. The zero-order chi connectivity index (χ0) is 16.8. The summed E-state index contributed by atoms with van der Waals surface area (Å²) in [7, 11) is -0.727. The molecule has 0 saturated carbocycles. The molecule has 1 radical (unpaired) electrons. The molecule has 0 N–H and O–H groups in total. The minimum Gasteiger partial charge on any atom is -0.539 e. The highest BCUT2D eigenvalue weighted by atomic mass is 127. The van der Waals surface area contributed by atoms with Gasteiger partial charge in [-0.25, -0.2) is 0 Å². The van der Waals surface area contributed by atoms with Crippen LogP contribution in [0.4, 0.5) is 4.39 Å². The van der Waals surface area contributed by atoms with E-state index in [-0.39, 0.29) is 12.1 Å². The molecule has 0 amide bonds. The van der Waals surface area contributed by atoms with Crippen LogP contribution in [0, 0.1) is 11.3 Å². The van der Waals surface area contributed by atoms with Crippen molar-refractivity contribution in [1.29, 1.82) is 0 Å². The van der Waals surface area contributed by atoms with Crippen LogP contribution in [0.15, 0.2) is 34.1 Å². The molecular formula is C18H27FIOSi. The second kappa shape index (κ2) is 9.06. The lowest BCUT2D eigenvalue weighted by Crippen LogP contribution is -2.21. The van der Waals surface area contributed by atoms with Gasteiger partial charge in [0.05, 0.1) is 6.67 Å². The van der Waals surface area contributed by atoms with E-state index in [1.54, 1.807) is 0 Å². The normalized spacial score (nSPS) is 14.3. The molecule has 0 aliphatic carbocycles. The van der Waals surface area contributed by atoms with Crippen LogP contribution in [0.25, 0.3) is 0 Å². The Hall–Kier alpha value is -0.363. The van der Waals surface area contributed by atoms with Crippen LogP contribution in [0.2, 0.25) is 13.1 Å². The van der Waals surface area contributed by atoms with Crippen molar-refractivity contribution in [3.63, 3.8) is 0 Å². The summed E-state index contributed by atoms with van der Waals surface area (Å²) in [5, 5.41) is 0. The van der Waals surface area contributed by atoms with E-state index >= 15 is 0 Å². The van der Waals surface area contributed by atoms with Crippen LogP contribution in [0.1, 0.15) is 31.9 Å². The molecule has 0 fully saturated rings. The van der Waals surface area contributed by atoms with Gasteiger partial charge in [0.25, 0.3) is 9.04 Å². The summed E-state index contributed by atoms with van der Waals surface area (Å²) in [5.41, 5.74) is 2.50. The summed E-state index contributed by atoms with van der Waals surface area (Å²) in [4.78, 5) is 0. The first-order valence-corrected chi connectivity index (χ1v) is 11.2. The molecule has 0 saturated heterocycles. The maximum Gasteiger partial charge on any atom is 0.274 e. The molecular weight excluding hydrogens is 406 g/mol. The second-order valence-corrected chi connectivity index (χ2v) is 10.0. The van der Waals surface area contributed by atoms with Crippen molar-refractivity contribution >= 4 is 31.6 Å². The third-order valence-corrected chi connectivity index (χ3v) is 5.20. The van der Waals surface area contributed by atoms with Gasteiger partial charge in [0.1, 0.15) is 3.77 Å². The van der Waals surface area contributed by atoms with Gasteiger partial charge in [-0.15, -0.1) is 0 Å². The van der Waals surface area contributed by atoms with Gasteiger partial charge in [0.15, 0.2) is 0 Å². The molecule has 0 bridgehead atoms. The van der Waals surface area contributed by atoms with Gasteiger partial charge < -0.3 is 4.43 Å². The van der Waals surface area contributed by atoms with Crippen LogP contribution in [-0.4, -0.2) is 15.7 Å². The number of halogens is 2. The summed E-state index contributed by atoms with van der Waals surface area (Å²) < 4.78 is 19.4. The predicted molar refractivity (Wildman–Crippen MR) is 103 cm³/mol. The molecule has 1 atom stereocenters. The first-order valence-electron chi connectivity index (χ1n) is 7.71. The van der Waals surface area contributed by atoms with Crippen LogP contribution < -0.4 is 0 Å². The monoisotopic (exact) mass is 433 g/mol. The van der Waals surface area contributed by atoms with E-state index in [0.29, 0.717) is 12.3 Å². The van der Waals surface area contributed by atoms with Gasteiger partial charge in [0.2, 0.25) is 0 Å². The average Bonchev–Trinajstić information content (AvgIpc) is 2.36. The number of benzene rings is 1. The number of rotatable bonds is 7. The summed E-state index contributed by atoms with van der Waals surface area (Å²) >= 11 is 2.29. The lowest BCUT2D eigenvalue weighted by Gasteiger charge is -2.29. The Morgan fingerprint density at radius 2 is 1.95 bits per heavy atom. The number of hydrogen-bond acceptors (Lipinski definition) is 1. The van der Waals surface area contributed by atoms with E-state index in [0.717, 1.165) is 15.8 Å². The summed E-state index contributed by atoms with van der Waals surface area (Å²) in [5.74, 6) is 0.390. The van der Waals surface area contributed by atoms with Gasteiger partial charge >= 0.3 is 0 Å². The largest absolute Gasteiger partial charge is 0.539 e. The highest BCUT2D eigenvalue weighted by Crippen LogP contribution is 2.32. The Labute approximate surface area is 150 Å². The standard InChI is InChI=1S/C18H27FIOSi/c1-18(2,3)16(13-17(20)21-22(4)5)12-15-8-6-7-14(11-15)9-10-19/h6-8,11,13,16H,9-10,12H2,1-5H3/t16-/m0/s1. The number of allylic oxidation sites excluding steroid dienone is 1. The van der Waals surface area contributed by atoms with Crippen LogP contribution in [0.3, 0.4) is 0 Å². The lowest BCUT2D eigenvalue weighted by molar-refractivity contribution is 0.286. The van der Waals surface area contributed by atoms with E-state index in [9.17, 15) is 4.39 Å². The smallest absolute Gasteiger partial charge is 0.274 e. The molecule has 22 heavy (non-hydrogen) atoms. The highest BCUT2D eigenvalue weighted by Gasteiger charge is 2.24. The fourth-order valence-electron chi connectivity index (χ4n) is 2.28. The SMILES string of the molecule is C[Si](C)OC(I)=C[C@H](Cc1cccc(CCF)c1)C(C)(C)C. The average molecular weight is 433 g/mol. The van der Waals surface area contributed by atoms with Crippen LogP contribution in [-0.2, 0) is 17.3 Å². The fraction of sp³-hybridized carbons (Fsp3) is 0.556. The Bertz CT molecular complexity index is 494. The van der Waals surface area contributed by atoms with Crippen LogP contribution >= 0.6 is 22.6 Å². The minimum atomic E-state index is -0.727. The topological polar surface area (TPSA) is 9.23 Å². The molecule has 4 heteroatoms. The Balaban J connectivity index is 2.92. The molecule has 0 aromatic heterocycles. The van der Waals surface area contributed by atoms with E-state index in [1.165, 1.54) is 5.56 Å². The van der Waals surface area contributed by atoms with Gasteiger partial charge in [-0.05, 0) is 70.6 Å². The maximum atomic E-state index is 12.5. The second-order valence-electron chi connectivity index (χ2n) is 6.92. The van der Waals surface area contributed by atoms with Gasteiger partial charge in [-0.3, -0.25) is 4.39 Å². The molecule has 123 valence electrons. The molecule has 0 aliphatic rings. The first-order chi connectivity index (χ1) is 10.2. The van der Waals surface area contributed by atoms with E-state index in [4.69, 9.17) is 4.43 Å². The summed E-state index contributed by atoms with van der Waals surface area (Å²) in [6, 6.07) is 8.30. The third-order valence-electron chi connectivity index (χ3n) is 3.58. The highest BCUT2D eigenvalue weighted by molar-refractivity contribution is 14.1. The van der Waals surface area contributed by atoms with E-state index in [1.807, 2.05) is 12.1 Å². The number of aryl methyl sites for hydroxylation is 1. The first kappa shape index (κ1) is 19.7. The molecule has 1 aromatic carbocycles.